The number of hydrogen-bond acceptors (Lipinski definition) is 0. The van der Waals surface area contributed by atoms with Crippen LogP contribution in [0.4, 0.5) is 0 Å². The Balaban J connectivity index is 1.48. The molecule has 0 aromatic heterocycles. The molecule has 0 N–H and O–H groups in total. The van der Waals surface area contributed by atoms with Crippen molar-refractivity contribution in [3.05, 3.63) is 0 Å². The van der Waals surface area contributed by atoms with Crippen LogP contribution in [0.25, 0.3) is 0 Å². The quantitative estimate of drug-likeness (QED) is 0.579. The van der Waals surface area contributed by atoms with Crippen molar-refractivity contribution >= 4 is 0 Å². The van der Waals surface area contributed by atoms with Gasteiger partial charge in [0.15, 0.2) is 0 Å². The van der Waals surface area contributed by atoms with Crippen molar-refractivity contribution in [1.29, 1.82) is 0 Å². The van der Waals surface area contributed by atoms with E-state index in [2.05, 4.69) is 0 Å². The molecule has 0 nitrogen and oxygen atoms in total. The van der Waals surface area contributed by atoms with Gasteiger partial charge in [-0.2, -0.15) is 0 Å². The predicted octanol–water partition coefficient (Wildman–Crippen LogP) is 4.89. The van der Waals surface area contributed by atoms with E-state index in [1.165, 1.54) is 47.3 Å². The highest BCUT2D eigenvalue weighted by molar-refractivity contribution is 5.16. The summed E-state index contributed by atoms with van der Waals surface area (Å²) in [5.41, 5.74) is 0.904. The van der Waals surface area contributed by atoms with Gasteiger partial charge in [-0.3, -0.25) is 0 Å². The summed E-state index contributed by atoms with van der Waals surface area (Å²) < 4.78 is 0. The summed E-state index contributed by atoms with van der Waals surface area (Å²) in [4.78, 5) is 0. The van der Waals surface area contributed by atoms with E-state index in [1.54, 1.807) is 64.2 Å². The maximum absolute atomic E-state index is 1.66. The van der Waals surface area contributed by atoms with Gasteiger partial charge in [0.1, 0.15) is 0 Å². The summed E-state index contributed by atoms with van der Waals surface area (Å²) in [6.07, 6.45) is 16.6. The van der Waals surface area contributed by atoms with Crippen LogP contribution < -0.4 is 0 Å². The highest BCUT2D eigenvalue weighted by Gasteiger charge is 2.67. The smallest absolute Gasteiger partial charge is 0.0184 e. The van der Waals surface area contributed by atoms with E-state index in [0.717, 1.165) is 5.41 Å². The summed E-state index contributed by atoms with van der Waals surface area (Å²) in [6, 6.07) is 0. The Morgan fingerprint density at radius 2 is 0.632 bits per heavy atom. The Bertz CT molecular complexity index is 320. The van der Waals surface area contributed by atoms with Crippen molar-refractivity contribution in [2.75, 3.05) is 0 Å². The van der Waals surface area contributed by atoms with Crippen molar-refractivity contribution in [3.8, 4) is 0 Å². The monoisotopic (exact) mass is 256 g/mol. The van der Waals surface area contributed by atoms with Gasteiger partial charge in [-0.1, -0.05) is 0 Å². The lowest BCUT2D eigenvalue weighted by atomic mass is 9.32. The Morgan fingerprint density at radius 1 is 0.368 bits per heavy atom. The molecular weight excluding hydrogens is 228 g/mol. The molecule has 0 heterocycles. The first-order chi connectivity index (χ1) is 9.32. The summed E-state index contributed by atoms with van der Waals surface area (Å²) >= 11 is 0. The lowest BCUT2D eigenvalue weighted by Crippen LogP contribution is -2.65. The highest BCUT2D eigenvalue weighted by atomic mass is 14.7. The van der Waals surface area contributed by atoms with Crippen LogP contribution in [0.5, 0.6) is 0 Å². The molecule has 8 bridgehead atoms. The van der Waals surface area contributed by atoms with E-state index >= 15 is 0 Å². The SMILES string of the molecule is C1C2CC3CC1CC(C2)C31C2CC3CC(C2)CC1C3. The zero-order valence-electron chi connectivity index (χ0n) is 12.2. The zero-order chi connectivity index (χ0) is 12.2. The molecular formula is C19H28. The van der Waals surface area contributed by atoms with Gasteiger partial charge in [-0.15, -0.1) is 0 Å². The zero-order valence-corrected chi connectivity index (χ0v) is 12.2. The van der Waals surface area contributed by atoms with E-state index in [-0.39, 0.29) is 0 Å². The van der Waals surface area contributed by atoms with E-state index in [1.807, 2.05) is 0 Å². The molecule has 8 aliphatic rings. The molecule has 0 radical (unpaired) electrons. The van der Waals surface area contributed by atoms with Crippen LogP contribution in [0.2, 0.25) is 0 Å². The molecule has 104 valence electrons. The molecule has 8 fully saturated rings. The topological polar surface area (TPSA) is 0 Å². The molecule has 0 atom stereocenters. The van der Waals surface area contributed by atoms with Crippen molar-refractivity contribution in [1.82, 2.24) is 0 Å². The largest absolute Gasteiger partial charge is 0.0475 e. The molecule has 8 aliphatic carbocycles. The van der Waals surface area contributed by atoms with Crippen LogP contribution in [0.3, 0.4) is 0 Å². The van der Waals surface area contributed by atoms with Crippen molar-refractivity contribution in [2.45, 2.75) is 64.2 Å². The van der Waals surface area contributed by atoms with Crippen LogP contribution >= 0.6 is 0 Å². The second-order valence-corrected chi connectivity index (χ2v) is 9.61. The van der Waals surface area contributed by atoms with Crippen molar-refractivity contribution < 1.29 is 0 Å². The van der Waals surface area contributed by atoms with Gasteiger partial charge in [0.2, 0.25) is 0 Å². The minimum atomic E-state index is 0.904. The summed E-state index contributed by atoms with van der Waals surface area (Å²) in [5, 5.41) is 0. The first kappa shape index (κ1) is 10.7. The normalized spacial score (nSPS) is 68.2. The molecule has 0 saturated heterocycles. The fraction of sp³-hybridized carbons (Fsp3) is 1.00. The van der Waals surface area contributed by atoms with Crippen LogP contribution in [0.15, 0.2) is 0 Å². The third-order valence-electron chi connectivity index (χ3n) is 9.10. The Labute approximate surface area is 117 Å². The second kappa shape index (κ2) is 3.25. The first-order valence-electron chi connectivity index (χ1n) is 9.32. The summed E-state index contributed by atoms with van der Waals surface area (Å²) in [5.74, 6) is 9.46. The molecule has 0 heteroatoms. The van der Waals surface area contributed by atoms with Crippen LogP contribution in [0, 0.1) is 52.8 Å². The minimum Gasteiger partial charge on any atom is -0.0475 e. The number of rotatable bonds is 0. The Morgan fingerprint density at radius 3 is 0.895 bits per heavy atom. The van der Waals surface area contributed by atoms with E-state index < -0.39 is 0 Å². The molecule has 19 heavy (non-hydrogen) atoms. The fourth-order valence-electron chi connectivity index (χ4n) is 9.33. The molecule has 0 aliphatic heterocycles. The Hall–Kier alpha value is 0. The maximum Gasteiger partial charge on any atom is -0.0184 e. The molecule has 0 unspecified atom stereocenters. The van der Waals surface area contributed by atoms with Gasteiger partial charge in [-0.05, 0) is 117 Å². The highest BCUT2D eigenvalue weighted by Crippen LogP contribution is 2.75. The molecule has 0 aromatic rings. The van der Waals surface area contributed by atoms with E-state index in [9.17, 15) is 0 Å². The van der Waals surface area contributed by atoms with E-state index in [0.29, 0.717) is 0 Å². The first-order valence-corrected chi connectivity index (χ1v) is 9.32. The molecule has 0 aromatic carbocycles. The van der Waals surface area contributed by atoms with Crippen LogP contribution in [-0.4, -0.2) is 0 Å². The summed E-state index contributed by atoms with van der Waals surface area (Å²) in [6.45, 7) is 0. The van der Waals surface area contributed by atoms with Crippen LogP contribution in [0.1, 0.15) is 64.2 Å². The van der Waals surface area contributed by atoms with Crippen molar-refractivity contribution in [3.63, 3.8) is 0 Å². The van der Waals surface area contributed by atoms with Crippen LogP contribution in [-0.2, 0) is 0 Å². The van der Waals surface area contributed by atoms with Crippen molar-refractivity contribution in [2.24, 2.45) is 52.8 Å². The third-order valence-corrected chi connectivity index (χ3v) is 9.10. The predicted molar refractivity (Wildman–Crippen MR) is 76.5 cm³/mol. The lowest BCUT2D eigenvalue weighted by molar-refractivity contribution is -0.235. The molecule has 1 spiro atoms. The molecule has 8 rings (SSSR count). The third kappa shape index (κ3) is 1.12. The minimum absolute atomic E-state index is 0.904. The van der Waals surface area contributed by atoms with Gasteiger partial charge >= 0.3 is 0 Å². The van der Waals surface area contributed by atoms with Gasteiger partial charge < -0.3 is 0 Å². The lowest BCUT2D eigenvalue weighted by Gasteiger charge is -2.72. The second-order valence-electron chi connectivity index (χ2n) is 9.61. The molecule has 0 amide bonds. The van der Waals surface area contributed by atoms with Gasteiger partial charge in [0.05, 0.1) is 0 Å². The number of hydrogen-bond donors (Lipinski definition) is 0. The van der Waals surface area contributed by atoms with Gasteiger partial charge in [0, 0.05) is 0 Å². The average Bonchev–Trinajstić information content (AvgIpc) is 2.36. The summed E-state index contributed by atoms with van der Waals surface area (Å²) in [7, 11) is 0. The molecule has 8 saturated carbocycles. The van der Waals surface area contributed by atoms with Gasteiger partial charge in [-0.25, -0.2) is 0 Å². The fourth-order valence-corrected chi connectivity index (χ4v) is 9.33. The Kier molecular flexibility index (Phi) is 1.83. The average molecular weight is 256 g/mol. The van der Waals surface area contributed by atoms with Gasteiger partial charge in [0.25, 0.3) is 0 Å². The maximum atomic E-state index is 1.66. The standard InChI is InChI=1S/C19H28/c1-11-3-15-5-12(1)6-16(4-11)19(15)17-7-13-2-14(9-17)10-18(19)8-13/h11-18H,1-10H2. The van der Waals surface area contributed by atoms with E-state index in [4.69, 9.17) is 0 Å².